The summed E-state index contributed by atoms with van der Waals surface area (Å²) in [4.78, 5) is 0.403. The number of nitrogens with two attached hydrogens (primary N) is 1. The van der Waals surface area contributed by atoms with Gasteiger partial charge in [0.1, 0.15) is 0 Å². The molecule has 0 saturated carbocycles. The fourth-order valence-corrected chi connectivity index (χ4v) is 1.21. The quantitative estimate of drug-likeness (QED) is 0.258. The average Bonchev–Trinajstić information content (AvgIpc) is 2.09. The molecule has 6 heteroatoms. The Kier molecular flexibility index (Phi) is 3.15. The zero-order chi connectivity index (χ0) is 9.42. The molecule has 2 N–H and O–H groups in total. The van der Waals surface area contributed by atoms with E-state index in [-0.39, 0.29) is 39.2 Å². The van der Waals surface area contributed by atoms with E-state index in [2.05, 4.69) is 0 Å². The topological polar surface area (TPSA) is 79.9 Å². The normalized spacial score (nSPS) is 9.71. The molecule has 14 heavy (non-hydrogen) atoms. The third kappa shape index (κ3) is 1.75. The van der Waals surface area contributed by atoms with Crippen molar-refractivity contribution in [3.05, 3.63) is 41.0 Å². The van der Waals surface area contributed by atoms with Crippen LogP contribution in [0.3, 0.4) is 0 Å². The molecule has 0 spiro atoms. The Hall–Kier alpha value is -1.04. The van der Waals surface area contributed by atoms with Gasteiger partial charge in [0.25, 0.3) is 12.4 Å². The van der Waals surface area contributed by atoms with Crippen LogP contribution in [-0.2, 0) is 0 Å². The molecule has 68 valence electrons. The van der Waals surface area contributed by atoms with Gasteiger partial charge in [-0.3, -0.25) is 0 Å². The summed E-state index contributed by atoms with van der Waals surface area (Å²) in [6, 6.07) is 5.13. The fraction of sp³-hybridized carbons (Fsp3) is 0. The van der Waals surface area contributed by atoms with Crippen LogP contribution in [0.25, 0.3) is 10.8 Å². The summed E-state index contributed by atoms with van der Waals surface area (Å²) in [6.45, 7) is 0. The Morgan fingerprint density at radius 2 is 1.71 bits per heavy atom. The molecule has 2 aromatic rings. The van der Waals surface area contributed by atoms with Crippen molar-refractivity contribution in [3.8, 4) is 0 Å². The van der Waals surface area contributed by atoms with E-state index >= 15 is 0 Å². The molecule has 0 aliphatic carbocycles. The molecule has 5 nitrogen and oxygen atoms in total. The van der Waals surface area contributed by atoms with E-state index in [0.29, 0.717) is 16.5 Å². The van der Waals surface area contributed by atoms with Gasteiger partial charge in [0.2, 0.25) is 0 Å². The van der Waals surface area contributed by atoms with Gasteiger partial charge in [0.05, 0.1) is 20.5 Å². The maximum atomic E-state index is 10.9. The molecule has 0 radical (unpaired) electrons. The van der Waals surface area contributed by atoms with Crippen LogP contribution in [0.2, 0.25) is 0 Å². The van der Waals surface area contributed by atoms with Crippen molar-refractivity contribution in [1.29, 1.82) is 0 Å². The van der Waals surface area contributed by atoms with Crippen molar-refractivity contribution in [2.75, 3.05) is 5.73 Å². The number of hydrogen-bond acceptors (Lipinski definition) is 3. The fourth-order valence-electron chi connectivity index (χ4n) is 1.21. The van der Waals surface area contributed by atoms with Gasteiger partial charge in [-0.05, 0) is 12.1 Å². The first kappa shape index (κ1) is 11.0. The number of nitrogen functional groups attached to an aromatic ring is 1. The number of anilines is 1. The zero-order valence-corrected chi connectivity index (χ0v) is 6.68. The maximum absolute atomic E-state index is 10.9. The van der Waals surface area contributed by atoms with E-state index in [1.54, 1.807) is 18.2 Å². The van der Waals surface area contributed by atoms with Gasteiger partial charge >= 0.3 is 29.6 Å². The molecular formula is C8H8N3NaO2. The predicted molar refractivity (Wildman–Crippen MR) is 53.4 cm³/mol. The minimum atomic E-state index is 0. The Morgan fingerprint density at radius 1 is 1.07 bits per heavy atom. The third-order valence-corrected chi connectivity index (χ3v) is 1.86. The van der Waals surface area contributed by atoms with Gasteiger partial charge in [0, 0.05) is 5.69 Å². The van der Waals surface area contributed by atoms with Crippen LogP contribution >= 0.6 is 0 Å². The summed E-state index contributed by atoms with van der Waals surface area (Å²) in [5.41, 5.74) is 6.10. The summed E-state index contributed by atoms with van der Waals surface area (Å²) >= 11 is 0. The molecule has 0 bridgehead atoms. The van der Waals surface area contributed by atoms with Gasteiger partial charge in [-0.15, -0.1) is 0 Å². The van der Waals surface area contributed by atoms with Crippen LogP contribution in [0.4, 0.5) is 5.69 Å². The first-order chi connectivity index (χ1) is 6.18. The second-order valence-corrected chi connectivity index (χ2v) is 2.71. The first-order valence-electron chi connectivity index (χ1n) is 3.69. The molecule has 1 aromatic carbocycles. The number of fused-ring (bicyclic) bond motifs is 1. The molecule has 1 aromatic heterocycles. The Labute approximate surface area is 102 Å². The van der Waals surface area contributed by atoms with Gasteiger partial charge in [-0.25, -0.2) is 0 Å². The summed E-state index contributed by atoms with van der Waals surface area (Å²) in [6.07, 6.45) is 2.36. The monoisotopic (exact) mass is 201 g/mol. The van der Waals surface area contributed by atoms with Crippen LogP contribution in [0.1, 0.15) is 0 Å². The molecule has 0 aliphatic heterocycles. The van der Waals surface area contributed by atoms with Crippen LogP contribution in [0.5, 0.6) is 0 Å². The summed E-state index contributed by atoms with van der Waals surface area (Å²) < 4.78 is 0. The molecule has 2 rings (SSSR count). The molecule has 0 unspecified atom stereocenters. The second kappa shape index (κ2) is 4.00. The minimum absolute atomic E-state index is 0. The zero-order valence-electron chi connectivity index (χ0n) is 6.68. The standard InChI is InChI=1S/C8H7N3O2.Na.H/c9-8-3-1-2-6-4-10(12)11(13)5-7(6)8;;/h1-5H,9H2;;. The van der Waals surface area contributed by atoms with E-state index in [9.17, 15) is 10.4 Å². The number of nitrogens with zero attached hydrogens (tertiary/aromatic N) is 2. The van der Waals surface area contributed by atoms with Crippen molar-refractivity contribution in [3.63, 3.8) is 0 Å². The van der Waals surface area contributed by atoms with Gasteiger partial charge in [-0.1, -0.05) is 6.07 Å². The Bertz CT molecular complexity index is 475. The van der Waals surface area contributed by atoms with Gasteiger partial charge < -0.3 is 16.1 Å². The molecule has 0 amide bonds. The van der Waals surface area contributed by atoms with Crippen molar-refractivity contribution < 1.29 is 9.69 Å². The molecule has 0 fully saturated rings. The molecular weight excluding hydrogens is 193 g/mol. The van der Waals surface area contributed by atoms with Crippen LogP contribution < -0.4 is 15.4 Å². The van der Waals surface area contributed by atoms with Gasteiger partial charge in [-0.2, -0.15) is 0 Å². The number of benzene rings is 1. The Morgan fingerprint density at radius 3 is 2.43 bits per heavy atom. The van der Waals surface area contributed by atoms with Crippen LogP contribution in [0.15, 0.2) is 30.6 Å². The molecule has 0 saturated heterocycles. The van der Waals surface area contributed by atoms with Gasteiger partial charge in [0.15, 0.2) is 0 Å². The van der Waals surface area contributed by atoms with E-state index in [0.717, 1.165) is 6.20 Å². The summed E-state index contributed by atoms with van der Waals surface area (Å²) in [5.74, 6) is 0. The SMILES string of the molecule is Nc1cccc2c[n+]([O-])[n+]([O-])cc12.[NaH]. The third-order valence-electron chi connectivity index (χ3n) is 1.86. The molecule has 0 aliphatic rings. The second-order valence-electron chi connectivity index (χ2n) is 2.71. The van der Waals surface area contributed by atoms with Crippen molar-refractivity contribution in [2.45, 2.75) is 0 Å². The van der Waals surface area contributed by atoms with Crippen molar-refractivity contribution >= 4 is 46.0 Å². The van der Waals surface area contributed by atoms with E-state index in [1.807, 2.05) is 0 Å². The number of hydrogen-bond donors (Lipinski definition) is 1. The van der Waals surface area contributed by atoms with Crippen LogP contribution in [-0.4, -0.2) is 29.6 Å². The Balaban J connectivity index is 0.000000980. The predicted octanol–water partition coefficient (Wildman–Crippen LogP) is -0.960. The van der Waals surface area contributed by atoms with E-state index in [4.69, 9.17) is 5.73 Å². The van der Waals surface area contributed by atoms with E-state index < -0.39 is 0 Å². The van der Waals surface area contributed by atoms with Crippen LogP contribution in [0, 0.1) is 10.4 Å². The summed E-state index contributed by atoms with van der Waals surface area (Å²) in [5, 5.41) is 23.0. The van der Waals surface area contributed by atoms with Crippen molar-refractivity contribution in [2.24, 2.45) is 0 Å². The number of aromatic nitrogens is 2. The average molecular weight is 201 g/mol. The number of rotatable bonds is 0. The first-order valence-corrected chi connectivity index (χ1v) is 3.69. The van der Waals surface area contributed by atoms with Crippen molar-refractivity contribution in [1.82, 2.24) is 0 Å². The van der Waals surface area contributed by atoms with E-state index in [1.165, 1.54) is 6.20 Å². The summed E-state index contributed by atoms with van der Waals surface area (Å²) in [7, 11) is 0. The molecule has 0 atom stereocenters. The molecule has 1 heterocycles.